The third-order valence-corrected chi connectivity index (χ3v) is 12.3. The maximum absolute atomic E-state index is 13.1. The van der Waals surface area contributed by atoms with E-state index in [1.165, 1.54) is 6.08 Å². The van der Waals surface area contributed by atoms with Gasteiger partial charge in [-0.2, -0.15) is 0 Å². The lowest BCUT2D eigenvalue weighted by Gasteiger charge is -2.38. The molecule has 2 aromatic rings. The quantitative estimate of drug-likeness (QED) is 0.0624. The van der Waals surface area contributed by atoms with Crippen molar-refractivity contribution in [3.05, 3.63) is 104 Å². The average Bonchev–Trinajstić information content (AvgIpc) is 3.96. The number of hydrogen-bond acceptors (Lipinski definition) is 18. The Bertz CT molecular complexity index is 2390. The number of ether oxygens (including phenoxy) is 2. The zero-order chi connectivity index (χ0) is 49.0. The fourth-order valence-electron chi connectivity index (χ4n) is 8.18. The highest BCUT2D eigenvalue weighted by atomic mass is 17.2. The molecule has 6 rings (SSSR count). The number of allylic oxidation sites excluding steroid dienone is 2. The van der Waals surface area contributed by atoms with Crippen molar-refractivity contribution in [2.24, 2.45) is 0 Å². The molecule has 364 valence electrons. The Kier molecular flexibility index (Phi) is 16.4. The van der Waals surface area contributed by atoms with Crippen LogP contribution in [0, 0.1) is 13.8 Å². The number of carbonyl (C=O) groups is 4. The Balaban J connectivity index is 1.29. The number of nitrogens with one attached hydrogen (secondary N) is 4. The number of aliphatic hydroxyl groups is 8. The fraction of sp³-hybridized carbons (Fsp3) is 0.467. The molecule has 10 atom stereocenters. The van der Waals surface area contributed by atoms with Crippen molar-refractivity contribution in [3.8, 4) is 0 Å². The smallest absolute Gasteiger partial charge is 0.342 e. The fourth-order valence-corrected chi connectivity index (χ4v) is 8.18. The zero-order valence-electron chi connectivity index (χ0n) is 37.1. The summed E-state index contributed by atoms with van der Waals surface area (Å²) in [5, 5.41) is 85.7. The lowest BCUT2D eigenvalue weighted by atomic mass is 9.98. The van der Waals surface area contributed by atoms with E-state index in [0.717, 1.165) is 0 Å². The van der Waals surface area contributed by atoms with Gasteiger partial charge in [0, 0.05) is 51.6 Å². The van der Waals surface area contributed by atoms with E-state index < -0.39 is 86.6 Å². The second-order valence-corrected chi connectivity index (χ2v) is 16.4. The van der Waals surface area contributed by atoms with Crippen LogP contribution in [0.2, 0.25) is 0 Å². The molecule has 0 saturated carbocycles. The van der Waals surface area contributed by atoms with E-state index in [2.05, 4.69) is 33.8 Å². The van der Waals surface area contributed by atoms with Gasteiger partial charge in [0.1, 0.15) is 48.8 Å². The number of H-pyrrole nitrogens is 2. The Morgan fingerprint density at radius 2 is 1.04 bits per heavy atom. The minimum Gasteiger partial charge on any atom is -0.394 e. The van der Waals surface area contributed by atoms with Gasteiger partial charge in [0.25, 0.3) is 11.8 Å². The van der Waals surface area contributed by atoms with Crippen LogP contribution in [0.25, 0.3) is 12.2 Å². The van der Waals surface area contributed by atoms with Gasteiger partial charge in [0.2, 0.25) is 12.6 Å². The largest absolute Gasteiger partial charge is 0.394 e. The van der Waals surface area contributed by atoms with Gasteiger partial charge in [0.15, 0.2) is 0 Å². The van der Waals surface area contributed by atoms with Gasteiger partial charge in [-0.05, 0) is 80.5 Å². The summed E-state index contributed by atoms with van der Waals surface area (Å²) < 4.78 is 10.5. The SMILES string of the molecule is C=CC1=C(C)/C(=C/c2[nH]c(Cc3[nH]c(/C=C4\NC(=O)C(C)=C4C=C)c(C)c3CCC(=O)OO[C@@H]3O[C@H](CO)[C@@H](O)[C@H](O)[C@H]3O)c(CCC(=O)OO[C@@H]3O[C@H](CO)[C@@H](O)[C@H](O)[C@H]3O)c2C)NC1=O. The van der Waals surface area contributed by atoms with Gasteiger partial charge < -0.3 is 70.9 Å². The molecule has 2 fully saturated rings. The summed E-state index contributed by atoms with van der Waals surface area (Å²) >= 11 is 0. The number of aromatic amines is 2. The molecule has 0 aromatic carbocycles. The second-order valence-electron chi connectivity index (χ2n) is 16.4. The number of aliphatic hydroxyl groups excluding tert-OH is 8. The summed E-state index contributed by atoms with van der Waals surface area (Å²) in [4.78, 5) is 78.3. The molecule has 2 amide bonds. The predicted molar refractivity (Wildman–Crippen MR) is 230 cm³/mol. The maximum Gasteiger partial charge on any atom is 0.342 e. The summed E-state index contributed by atoms with van der Waals surface area (Å²) in [6.45, 7) is 13.2. The molecule has 0 bridgehead atoms. The molecule has 22 heteroatoms. The van der Waals surface area contributed by atoms with Crippen molar-refractivity contribution in [1.82, 2.24) is 20.6 Å². The summed E-state index contributed by atoms with van der Waals surface area (Å²) in [5.41, 5.74) is 8.04. The first-order valence-corrected chi connectivity index (χ1v) is 21.3. The van der Waals surface area contributed by atoms with E-state index in [1.807, 2.05) is 0 Å². The van der Waals surface area contributed by atoms with E-state index in [0.29, 0.717) is 78.7 Å². The molecule has 0 aliphatic carbocycles. The molecule has 2 saturated heterocycles. The minimum absolute atomic E-state index is 0.0428. The lowest BCUT2D eigenvalue weighted by molar-refractivity contribution is -0.405. The highest BCUT2D eigenvalue weighted by Crippen LogP contribution is 2.32. The van der Waals surface area contributed by atoms with Gasteiger partial charge in [-0.1, -0.05) is 25.3 Å². The van der Waals surface area contributed by atoms with Crippen LogP contribution < -0.4 is 10.6 Å². The molecule has 0 radical (unpaired) electrons. The van der Waals surface area contributed by atoms with Crippen molar-refractivity contribution in [3.63, 3.8) is 0 Å². The number of rotatable bonds is 18. The molecule has 12 N–H and O–H groups in total. The molecule has 0 spiro atoms. The normalized spacial score (nSPS) is 28.9. The van der Waals surface area contributed by atoms with E-state index in [1.54, 1.807) is 45.9 Å². The minimum atomic E-state index is -1.82. The Morgan fingerprint density at radius 3 is 1.46 bits per heavy atom. The van der Waals surface area contributed by atoms with E-state index in [-0.39, 0.29) is 43.9 Å². The van der Waals surface area contributed by atoms with Gasteiger partial charge in [-0.25, -0.2) is 9.59 Å². The van der Waals surface area contributed by atoms with Crippen molar-refractivity contribution in [2.45, 2.75) is 121 Å². The van der Waals surface area contributed by atoms with E-state index >= 15 is 0 Å². The lowest BCUT2D eigenvalue weighted by Crippen LogP contribution is -2.59. The molecule has 6 heterocycles. The molecular formula is C45H56N4O18. The average molecular weight is 941 g/mol. The summed E-state index contributed by atoms with van der Waals surface area (Å²) in [6.07, 6.45) is -10.5. The summed E-state index contributed by atoms with van der Waals surface area (Å²) in [5.74, 6) is -2.45. The topological polar surface area (TPSA) is 341 Å². The van der Waals surface area contributed by atoms with Crippen LogP contribution in [-0.2, 0) is 67.5 Å². The molecule has 2 aromatic heterocycles. The first-order valence-electron chi connectivity index (χ1n) is 21.3. The number of aromatic nitrogens is 2. The van der Waals surface area contributed by atoms with Crippen LogP contribution in [0.5, 0.6) is 0 Å². The molecule has 4 aliphatic heterocycles. The molecule has 22 nitrogen and oxygen atoms in total. The molecule has 67 heavy (non-hydrogen) atoms. The van der Waals surface area contributed by atoms with Crippen LogP contribution in [0.1, 0.15) is 71.7 Å². The van der Waals surface area contributed by atoms with Crippen molar-refractivity contribution >= 4 is 35.9 Å². The van der Waals surface area contributed by atoms with Crippen LogP contribution >= 0.6 is 0 Å². The molecule has 4 aliphatic rings. The predicted octanol–water partition coefficient (Wildman–Crippen LogP) is -1.09. The third kappa shape index (κ3) is 10.8. The van der Waals surface area contributed by atoms with Crippen LogP contribution in [0.4, 0.5) is 0 Å². The van der Waals surface area contributed by atoms with Crippen LogP contribution in [-0.4, -0.2) is 149 Å². The number of amides is 2. The summed E-state index contributed by atoms with van der Waals surface area (Å²) in [6, 6.07) is 0. The van der Waals surface area contributed by atoms with Gasteiger partial charge in [-0.15, -0.1) is 9.78 Å². The highest BCUT2D eigenvalue weighted by molar-refractivity contribution is 6.03. The first-order chi connectivity index (χ1) is 31.8. The number of carbonyl (C=O) groups excluding carboxylic acids is 4. The van der Waals surface area contributed by atoms with Crippen molar-refractivity contribution in [1.29, 1.82) is 0 Å². The number of hydrogen-bond donors (Lipinski definition) is 12. The first kappa shape index (κ1) is 50.8. The molecular weight excluding hydrogens is 885 g/mol. The zero-order valence-corrected chi connectivity index (χ0v) is 37.1. The van der Waals surface area contributed by atoms with Gasteiger partial charge in [-0.3, -0.25) is 19.4 Å². The second kappa shape index (κ2) is 21.6. The monoisotopic (exact) mass is 940 g/mol. The van der Waals surface area contributed by atoms with Gasteiger partial charge in [0.05, 0.1) is 31.8 Å². The standard InChI is InChI=1S/C45H56N4O18/c1-7-22-21(6)42(60)49-29(22)14-27-20(5)25(10-12-35(53)65-67-45-41(59)39(57)37(55)33(17-51)63-45)31(47-27)15-30-24(19(4)26(46-30)13-28-18(3)23(8-2)43(61)48-28)9-11-34(52)64-66-44-40(58)38(56)36(54)32(16-50)62-44/h7-8,13-14,32-33,36-41,44-47,50-51,54-59H,1-2,9-12,15-17H2,3-6H3,(H,48,61)(H,49,60)/b28-13-,29-14-/t32-,33-,36-,37-,38+,39+,40-,41-,44+,45+/m1/s1. The Hall–Kier alpha value is -5.60. The van der Waals surface area contributed by atoms with E-state index in [4.69, 9.17) is 29.0 Å². The van der Waals surface area contributed by atoms with Crippen molar-refractivity contribution in [2.75, 3.05) is 13.2 Å². The summed E-state index contributed by atoms with van der Waals surface area (Å²) in [7, 11) is 0. The Labute approximate surface area is 383 Å². The van der Waals surface area contributed by atoms with Crippen LogP contribution in [0.3, 0.4) is 0 Å². The van der Waals surface area contributed by atoms with Crippen LogP contribution in [0.15, 0.2) is 59.0 Å². The maximum atomic E-state index is 13.1. The Morgan fingerprint density at radius 1 is 0.612 bits per heavy atom. The van der Waals surface area contributed by atoms with Gasteiger partial charge >= 0.3 is 11.9 Å². The third-order valence-electron chi connectivity index (χ3n) is 12.3. The highest BCUT2D eigenvalue weighted by Gasteiger charge is 2.46. The van der Waals surface area contributed by atoms with E-state index in [9.17, 15) is 60.0 Å². The van der Waals surface area contributed by atoms with Crippen molar-refractivity contribution < 1.29 is 89.1 Å². The molecule has 0 unspecified atom stereocenters.